The molecule has 0 atom stereocenters. The molecule has 4 heteroatoms. The topological polar surface area (TPSA) is 34.0 Å². The summed E-state index contributed by atoms with van der Waals surface area (Å²) in [6.07, 6.45) is 3.23. The van der Waals surface area contributed by atoms with Gasteiger partial charge in [0.1, 0.15) is 5.82 Å². The van der Waals surface area contributed by atoms with E-state index in [2.05, 4.69) is 28.2 Å². The Balaban J connectivity index is 1.57. The van der Waals surface area contributed by atoms with Gasteiger partial charge in [0.25, 0.3) is 0 Å². The zero-order chi connectivity index (χ0) is 16.2. The smallest absolute Gasteiger partial charge is 0.220 e. The average molecular weight is 310 g/mol. The van der Waals surface area contributed by atoms with Crippen LogP contribution >= 0.6 is 0 Å². The number of rotatable bonds is 5. The maximum atomic E-state index is 12.8. The van der Waals surface area contributed by atoms with Crippen molar-refractivity contribution in [2.45, 2.75) is 19.4 Å². The number of fused-ring (bicyclic) bond motifs is 1. The molecule has 3 nitrogen and oxygen atoms in total. The number of para-hydroxylation sites is 1. The third kappa shape index (κ3) is 3.59. The van der Waals surface area contributed by atoms with Crippen molar-refractivity contribution in [2.24, 2.45) is 7.05 Å². The minimum absolute atomic E-state index is 0.00209. The van der Waals surface area contributed by atoms with Gasteiger partial charge in [-0.2, -0.15) is 0 Å². The number of halogens is 1. The van der Waals surface area contributed by atoms with Gasteiger partial charge in [0.05, 0.1) is 0 Å². The summed E-state index contributed by atoms with van der Waals surface area (Å²) in [5.74, 6) is -0.265. The monoisotopic (exact) mass is 310 g/mol. The van der Waals surface area contributed by atoms with E-state index in [1.807, 2.05) is 19.2 Å². The third-order valence-electron chi connectivity index (χ3n) is 4.00. The number of nitrogens with one attached hydrogen (secondary N) is 1. The Morgan fingerprint density at radius 3 is 2.65 bits per heavy atom. The fraction of sp³-hybridized carbons (Fsp3) is 0.211. The van der Waals surface area contributed by atoms with Crippen LogP contribution in [0.1, 0.15) is 17.5 Å². The summed E-state index contributed by atoms with van der Waals surface area (Å²) in [5.41, 5.74) is 3.25. The quantitative estimate of drug-likeness (QED) is 0.768. The van der Waals surface area contributed by atoms with E-state index in [1.165, 1.54) is 28.6 Å². The molecule has 0 aliphatic rings. The van der Waals surface area contributed by atoms with Crippen LogP contribution < -0.4 is 5.32 Å². The Hall–Kier alpha value is -2.62. The number of carbonyl (C=O) groups is 1. The standard InChI is InChI=1S/C19H19FN2O/c1-22-13-15(17-4-2-3-5-18(17)22)8-11-19(23)21-12-14-6-9-16(20)10-7-14/h2-7,9-10,13H,8,11-12H2,1H3,(H,21,23). The van der Waals surface area contributed by atoms with Crippen molar-refractivity contribution < 1.29 is 9.18 Å². The third-order valence-corrected chi connectivity index (χ3v) is 4.00. The van der Waals surface area contributed by atoms with E-state index >= 15 is 0 Å². The molecule has 0 bridgehead atoms. The van der Waals surface area contributed by atoms with Crippen LogP contribution in [0.5, 0.6) is 0 Å². The summed E-state index contributed by atoms with van der Waals surface area (Å²) in [6, 6.07) is 14.4. The van der Waals surface area contributed by atoms with Gasteiger partial charge < -0.3 is 9.88 Å². The summed E-state index contributed by atoms with van der Waals surface area (Å²) in [7, 11) is 2.01. The van der Waals surface area contributed by atoms with Crippen LogP contribution in [0.25, 0.3) is 10.9 Å². The molecular formula is C19H19FN2O. The van der Waals surface area contributed by atoms with Crippen molar-refractivity contribution in [1.82, 2.24) is 9.88 Å². The minimum Gasteiger partial charge on any atom is -0.352 e. The molecule has 0 aliphatic carbocycles. The van der Waals surface area contributed by atoms with Gasteiger partial charge in [0.15, 0.2) is 0 Å². The van der Waals surface area contributed by atoms with Crippen LogP contribution in [-0.4, -0.2) is 10.5 Å². The van der Waals surface area contributed by atoms with Crippen LogP contribution in [0.4, 0.5) is 4.39 Å². The first-order valence-corrected chi connectivity index (χ1v) is 7.67. The van der Waals surface area contributed by atoms with Gasteiger partial charge in [-0.25, -0.2) is 4.39 Å². The molecule has 0 unspecified atom stereocenters. The molecule has 0 radical (unpaired) electrons. The molecule has 0 fully saturated rings. The molecular weight excluding hydrogens is 291 g/mol. The summed E-state index contributed by atoms with van der Waals surface area (Å²) in [4.78, 5) is 12.0. The molecule has 1 heterocycles. The second kappa shape index (κ2) is 6.65. The molecule has 3 aromatic rings. The number of benzene rings is 2. The molecule has 0 spiro atoms. The van der Waals surface area contributed by atoms with E-state index < -0.39 is 0 Å². The summed E-state index contributed by atoms with van der Waals surface area (Å²) in [5, 5.41) is 4.07. The van der Waals surface area contributed by atoms with Crippen molar-refractivity contribution in [3.05, 3.63) is 71.7 Å². The van der Waals surface area contributed by atoms with Gasteiger partial charge in [0, 0.05) is 37.1 Å². The van der Waals surface area contributed by atoms with Crippen molar-refractivity contribution in [3.8, 4) is 0 Å². The number of nitrogens with zero attached hydrogens (tertiary/aromatic N) is 1. The van der Waals surface area contributed by atoms with Crippen LogP contribution in [0.15, 0.2) is 54.7 Å². The van der Waals surface area contributed by atoms with Crippen molar-refractivity contribution in [2.75, 3.05) is 0 Å². The summed E-state index contributed by atoms with van der Waals surface area (Å²) >= 11 is 0. The zero-order valence-corrected chi connectivity index (χ0v) is 13.1. The maximum Gasteiger partial charge on any atom is 0.220 e. The van der Waals surface area contributed by atoms with Crippen LogP contribution in [0, 0.1) is 5.82 Å². The maximum absolute atomic E-state index is 12.8. The van der Waals surface area contributed by atoms with E-state index in [-0.39, 0.29) is 11.7 Å². The van der Waals surface area contributed by atoms with Crippen molar-refractivity contribution >= 4 is 16.8 Å². The number of aryl methyl sites for hydroxylation is 2. The molecule has 0 saturated carbocycles. The van der Waals surface area contributed by atoms with Gasteiger partial charge in [-0.3, -0.25) is 4.79 Å². The largest absolute Gasteiger partial charge is 0.352 e. The predicted octanol–water partition coefficient (Wildman–Crippen LogP) is 3.57. The highest BCUT2D eigenvalue weighted by molar-refractivity contribution is 5.84. The van der Waals surface area contributed by atoms with Crippen LogP contribution in [0.3, 0.4) is 0 Å². The number of hydrogen-bond acceptors (Lipinski definition) is 1. The van der Waals surface area contributed by atoms with E-state index in [9.17, 15) is 9.18 Å². The Labute approximate surface area is 134 Å². The molecule has 3 rings (SSSR count). The first kappa shape index (κ1) is 15.3. The Morgan fingerprint density at radius 1 is 1.13 bits per heavy atom. The zero-order valence-electron chi connectivity index (χ0n) is 13.1. The number of amides is 1. The van der Waals surface area contributed by atoms with Gasteiger partial charge in [-0.05, 0) is 35.7 Å². The molecule has 0 aliphatic heterocycles. The number of aromatic nitrogens is 1. The van der Waals surface area contributed by atoms with Gasteiger partial charge in [0.2, 0.25) is 5.91 Å². The van der Waals surface area contributed by atoms with Crippen molar-refractivity contribution in [1.29, 1.82) is 0 Å². The van der Waals surface area contributed by atoms with E-state index in [0.29, 0.717) is 19.4 Å². The summed E-state index contributed by atoms with van der Waals surface area (Å²) < 4.78 is 14.9. The van der Waals surface area contributed by atoms with Crippen molar-refractivity contribution in [3.63, 3.8) is 0 Å². The SMILES string of the molecule is Cn1cc(CCC(=O)NCc2ccc(F)cc2)c2ccccc21. The second-order valence-corrected chi connectivity index (χ2v) is 5.69. The molecule has 23 heavy (non-hydrogen) atoms. The highest BCUT2D eigenvalue weighted by Gasteiger charge is 2.08. The lowest BCUT2D eigenvalue weighted by Gasteiger charge is -2.05. The normalized spacial score (nSPS) is 10.9. The molecule has 1 aromatic heterocycles. The fourth-order valence-electron chi connectivity index (χ4n) is 2.76. The van der Waals surface area contributed by atoms with Gasteiger partial charge in [-0.1, -0.05) is 30.3 Å². The molecule has 2 aromatic carbocycles. The lowest BCUT2D eigenvalue weighted by atomic mass is 10.1. The highest BCUT2D eigenvalue weighted by atomic mass is 19.1. The first-order valence-electron chi connectivity index (χ1n) is 7.67. The second-order valence-electron chi connectivity index (χ2n) is 5.69. The lowest BCUT2D eigenvalue weighted by Crippen LogP contribution is -2.22. The van der Waals surface area contributed by atoms with Gasteiger partial charge >= 0.3 is 0 Å². The molecule has 0 saturated heterocycles. The average Bonchev–Trinajstić information content (AvgIpc) is 2.89. The first-order chi connectivity index (χ1) is 11.1. The van der Waals surface area contributed by atoms with Crippen LogP contribution in [0.2, 0.25) is 0 Å². The van der Waals surface area contributed by atoms with Crippen LogP contribution in [-0.2, 0) is 24.8 Å². The lowest BCUT2D eigenvalue weighted by molar-refractivity contribution is -0.121. The predicted molar refractivity (Wildman–Crippen MR) is 89.5 cm³/mol. The number of hydrogen-bond donors (Lipinski definition) is 1. The molecule has 1 amide bonds. The fourth-order valence-corrected chi connectivity index (χ4v) is 2.76. The van der Waals surface area contributed by atoms with E-state index in [0.717, 1.165) is 5.56 Å². The minimum atomic E-state index is -0.268. The Bertz CT molecular complexity index is 821. The van der Waals surface area contributed by atoms with E-state index in [1.54, 1.807) is 12.1 Å². The highest BCUT2D eigenvalue weighted by Crippen LogP contribution is 2.21. The summed E-state index contributed by atoms with van der Waals surface area (Å²) in [6.45, 7) is 0.425. The van der Waals surface area contributed by atoms with E-state index in [4.69, 9.17) is 0 Å². The van der Waals surface area contributed by atoms with Gasteiger partial charge in [-0.15, -0.1) is 0 Å². The molecule has 118 valence electrons. The Kier molecular flexibility index (Phi) is 4.42. The Morgan fingerprint density at radius 2 is 1.87 bits per heavy atom. The molecule has 1 N–H and O–H groups in total. The number of carbonyl (C=O) groups excluding carboxylic acids is 1.